The van der Waals surface area contributed by atoms with Crippen LogP contribution < -0.4 is 4.90 Å². The summed E-state index contributed by atoms with van der Waals surface area (Å²) in [6, 6.07) is 4.07. The van der Waals surface area contributed by atoms with Crippen LogP contribution in [0.15, 0.2) is 18.2 Å². The highest BCUT2D eigenvalue weighted by Crippen LogP contribution is 2.24. The predicted octanol–water partition coefficient (Wildman–Crippen LogP) is 1.61. The maximum Gasteiger partial charge on any atom is 0.270 e. The smallest absolute Gasteiger partial charge is 0.270 e. The fraction of sp³-hybridized carbons (Fsp3) is 0.417. The highest BCUT2D eigenvalue weighted by Gasteiger charge is 2.19. The number of hydrogen-bond donors (Lipinski definition) is 1. The zero-order valence-electron chi connectivity index (χ0n) is 10.6. The summed E-state index contributed by atoms with van der Waals surface area (Å²) in [5.41, 5.74) is -0.261. The lowest BCUT2D eigenvalue weighted by atomic mass is 10.1. The number of carbonyl (C=O) groups is 1. The topological polar surface area (TPSA) is 83.7 Å². The lowest BCUT2D eigenvalue weighted by molar-refractivity contribution is -0.384. The minimum absolute atomic E-state index is 0.127. The molecule has 0 aliphatic carbocycles. The third-order valence-corrected chi connectivity index (χ3v) is 2.38. The van der Waals surface area contributed by atoms with Gasteiger partial charge in [0.25, 0.3) is 5.69 Å². The number of aldehydes is 1. The first kappa shape index (κ1) is 14.1. The standard InChI is InChI=1S/C12H16N2O4/c1-12(2,16)8-13(3)11-5-4-10(14(17)18)6-9(11)7-15/h4-7,16H,8H2,1-3H3. The minimum atomic E-state index is -0.920. The predicted molar refractivity (Wildman–Crippen MR) is 68.1 cm³/mol. The first-order valence-corrected chi connectivity index (χ1v) is 5.42. The molecular weight excluding hydrogens is 236 g/mol. The second-order valence-electron chi connectivity index (χ2n) is 4.79. The number of anilines is 1. The molecule has 0 bridgehead atoms. The number of carbonyl (C=O) groups excluding carboxylic acids is 1. The van der Waals surface area contributed by atoms with Crippen LogP contribution in [0.4, 0.5) is 11.4 Å². The molecule has 0 aromatic heterocycles. The van der Waals surface area contributed by atoms with Crippen molar-refractivity contribution < 1.29 is 14.8 Å². The molecule has 0 spiro atoms. The fourth-order valence-electron chi connectivity index (χ4n) is 1.76. The zero-order chi connectivity index (χ0) is 13.9. The molecule has 1 N–H and O–H groups in total. The largest absolute Gasteiger partial charge is 0.389 e. The summed E-state index contributed by atoms with van der Waals surface area (Å²) in [5, 5.41) is 20.3. The van der Waals surface area contributed by atoms with Crippen molar-refractivity contribution in [2.45, 2.75) is 19.4 Å². The van der Waals surface area contributed by atoms with E-state index >= 15 is 0 Å². The molecule has 0 fully saturated rings. The maximum absolute atomic E-state index is 11.0. The molecule has 0 saturated heterocycles. The van der Waals surface area contributed by atoms with Gasteiger partial charge in [0.15, 0.2) is 6.29 Å². The SMILES string of the molecule is CN(CC(C)(C)O)c1ccc([N+](=O)[O-])cc1C=O. The van der Waals surface area contributed by atoms with Crippen molar-refractivity contribution >= 4 is 17.7 Å². The maximum atomic E-state index is 11.0. The summed E-state index contributed by atoms with van der Waals surface area (Å²) < 4.78 is 0. The first-order valence-electron chi connectivity index (χ1n) is 5.42. The highest BCUT2D eigenvalue weighted by molar-refractivity contribution is 5.85. The van der Waals surface area contributed by atoms with Crippen LogP contribution in [0.3, 0.4) is 0 Å². The Bertz CT molecular complexity index is 466. The number of hydrogen-bond acceptors (Lipinski definition) is 5. The van der Waals surface area contributed by atoms with Gasteiger partial charge in [0.1, 0.15) is 0 Å². The fourth-order valence-corrected chi connectivity index (χ4v) is 1.76. The van der Waals surface area contributed by atoms with Gasteiger partial charge in [-0.1, -0.05) is 0 Å². The number of likely N-dealkylation sites (N-methyl/N-ethyl adjacent to an activating group) is 1. The summed E-state index contributed by atoms with van der Waals surface area (Å²) in [7, 11) is 1.71. The molecule has 0 aliphatic rings. The lowest BCUT2D eigenvalue weighted by Crippen LogP contribution is -2.36. The summed E-state index contributed by atoms with van der Waals surface area (Å²) >= 11 is 0. The van der Waals surface area contributed by atoms with E-state index in [0.29, 0.717) is 18.5 Å². The Hall–Kier alpha value is -1.95. The molecule has 1 rings (SSSR count). The summed E-state index contributed by atoms with van der Waals surface area (Å²) in [5.74, 6) is 0. The molecule has 1 aromatic rings. The number of non-ortho nitro benzene ring substituents is 1. The van der Waals surface area contributed by atoms with E-state index in [1.54, 1.807) is 25.8 Å². The van der Waals surface area contributed by atoms with Crippen molar-refractivity contribution in [2.24, 2.45) is 0 Å². The third kappa shape index (κ3) is 3.53. The quantitative estimate of drug-likeness (QED) is 0.489. The monoisotopic (exact) mass is 252 g/mol. The van der Waals surface area contributed by atoms with Crippen LogP contribution in [0.25, 0.3) is 0 Å². The molecule has 0 atom stereocenters. The number of nitrogens with zero attached hydrogens (tertiary/aromatic N) is 2. The van der Waals surface area contributed by atoms with Gasteiger partial charge in [-0.2, -0.15) is 0 Å². The average Bonchev–Trinajstić information content (AvgIpc) is 2.25. The number of rotatable bonds is 5. The molecule has 6 heteroatoms. The number of nitro benzene ring substituents is 1. The molecule has 0 aliphatic heterocycles. The van der Waals surface area contributed by atoms with E-state index in [2.05, 4.69) is 0 Å². The van der Waals surface area contributed by atoms with Crippen LogP contribution in [-0.2, 0) is 0 Å². The van der Waals surface area contributed by atoms with E-state index in [1.807, 2.05) is 0 Å². The third-order valence-electron chi connectivity index (χ3n) is 2.38. The van der Waals surface area contributed by atoms with E-state index in [-0.39, 0.29) is 11.3 Å². The van der Waals surface area contributed by atoms with Gasteiger partial charge in [0, 0.05) is 37.0 Å². The van der Waals surface area contributed by atoms with Gasteiger partial charge in [-0.15, -0.1) is 0 Å². The van der Waals surface area contributed by atoms with Crippen molar-refractivity contribution in [1.82, 2.24) is 0 Å². The van der Waals surface area contributed by atoms with Crippen LogP contribution in [-0.4, -0.2) is 35.5 Å². The van der Waals surface area contributed by atoms with Gasteiger partial charge in [-0.25, -0.2) is 0 Å². The van der Waals surface area contributed by atoms with Crippen molar-refractivity contribution in [2.75, 3.05) is 18.5 Å². The van der Waals surface area contributed by atoms with Gasteiger partial charge in [-0.05, 0) is 19.9 Å². The Labute approximate surface area is 105 Å². The van der Waals surface area contributed by atoms with Gasteiger partial charge >= 0.3 is 0 Å². The number of nitro groups is 1. The van der Waals surface area contributed by atoms with Crippen molar-refractivity contribution in [3.05, 3.63) is 33.9 Å². The Kier molecular flexibility index (Phi) is 4.03. The molecule has 98 valence electrons. The summed E-state index contributed by atoms with van der Waals surface area (Å²) in [4.78, 5) is 22.7. The summed E-state index contributed by atoms with van der Waals surface area (Å²) in [6.07, 6.45) is 0.573. The molecule has 0 heterocycles. The number of aliphatic hydroxyl groups is 1. The highest BCUT2D eigenvalue weighted by atomic mass is 16.6. The Morgan fingerprint density at radius 3 is 2.56 bits per heavy atom. The molecule has 18 heavy (non-hydrogen) atoms. The van der Waals surface area contributed by atoms with Gasteiger partial charge in [-0.3, -0.25) is 14.9 Å². The van der Waals surface area contributed by atoms with E-state index in [4.69, 9.17) is 0 Å². The molecule has 6 nitrogen and oxygen atoms in total. The molecule has 1 aromatic carbocycles. The molecule has 0 radical (unpaired) electrons. The van der Waals surface area contributed by atoms with Crippen LogP contribution in [0, 0.1) is 10.1 Å². The average molecular weight is 252 g/mol. The Balaban J connectivity index is 3.09. The van der Waals surface area contributed by atoms with Crippen molar-refractivity contribution in [3.8, 4) is 0 Å². The van der Waals surface area contributed by atoms with Crippen LogP contribution in [0.2, 0.25) is 0 Å². The minimum Gasteiger partial charge on any atom is -0.389 e. The molecule has 0 unspecified atom stereocenters. The normalized spacial score (nSPS) is 11.1. The Morgan fingerprint density at radius 2 is 2.11 bits per heavy atom. The second kappa shape index (κ2) is 5.14. The van der Waals surface area contributed by atoms with Crippen molar-refractivity contribution in [3.63, 3.8) is 0 Å². The zero-order valence-corrected chi connectivity index (χ0v) is 10.6. The van der Waals surface area contributed by atoms with Crippen molar-refractivity contribution in [1.29, 1.82) is 0 Å². The second-order valence-corrected chi connectivity index (χ2v) is 4.79. The van der Waals surface area contributed by atoms with Crippen LogP contribution in [0.5, 0.6) is 0 Å². The number of benzene rings is 1. The van der Waals surface area contributed by atoms with Crippen LogP contribution in [0.1, 0.15) is 24.2 Å². The van der Waals surface area contributed by atoms with Gasteiger partial charge in [0.2, 0.25) is 0 Å². The molecular formula is C12H16N2O4. The molecule has 0 saturated carbocycles. The van der Waals surface area contributed by atoms with E-state index in [0.717, 1.165) is 0 Å². The van der Waals surface area contributed by atoms with E-state index < -0.39 is 10.5 Å². The summed E-state index contributed by atoms with van der Waals surface area (Å²) in [6.45, 7) is 3.61. The lowest BCUT2D eigenvalue weighted by Gasteiger charge is -2.28. The Morgan fingerprint density at radius 1 is 1.50 bits per heavy atom. The molecule has 0 amide bonds. The van der Waals surface area contributed by atoms with Crippen LogP contribution >= 0.6 is 0 Å². The van der Waals surface area contributed by atoms with Gasteiger partial charge < -0.3 is 10.0 Å². The first-order chi connectivity index (χ1) is 8.24. The van der Waals surface area contributed by atoms with Gasteiger partial charge in [0.05, 0.1) is 10.5 Å². The van der Waals surface area contributed by atoms with E-state index in [9.17, 15) is 20.0 Å². The van der Waals surface area contributed by atoms with E-state index in [1.165, 1.54) is 18.2 Å².